The first kappa shape index (κ1) is 40.1. The highest BCUT2D eigenvalue weighted by atomic mass is 128. The molecule has 2 N–H and O–H groups in total. The first-order valence-electron chi connectivity index (χ1n) is 13.9. The van der Waals surface area contributed by atoms with Gasteiger partial charge in [0.2, 0.25) is 0 Å². The lowest BCUT2D eigenvalue weighted by atomic mass is 10.2. The number of rotatable bonds is 2. The summed E-state index contributed by atoms with van der Waals surface area (Å²) in [6.07, 6.45) is -0.456. The molecule has 2 fully saturated rings. The summed E-state index contributed by atoms with van der Waals surface area (Å²) in [6.45, 7) is 17.2. The van der Waals surface area contributed by atoms with Gasteiger partial charge in [-0.05, 0) is 81.7 Å². The quantitative estimate of drug-likeness (QED) is 0.240. The third kappa shape index (κ3) is 13.9. The zero-order chi connectivity index (χ0) is 31.5. The van der Waals surface area contributed by atoms with Crippen LogP contribution in [0.2, 0.25) is 0 Å². The molecule has 9 nitrogen and oxygen atoms in total. The molecule has 0 bridgehead atoms. The molecule has 2 heterocycles. The Bertz CT molecular complexity index is 1060. The van der Waals surface area contributed by atoms with Gasteiger partial charge in [0.25, 0.3) is 0 Å². The number of piperazine rings is 2. The third-order valence-corrected chi connectivity index (χ3v) is 7.00. The molecule has 0 aromatic heterocycles. The predicted molar refractivity (Wildman–Crippen MR) is 208 cm³/mol. The number of ether oxygens (including phenoxy) is 2. The maximum absolute atomic E-state index is 12.0. The summed E-state index contributed by atoms with van der Waals surface area (Å²) in [5, 5.41) is 0. The number of nitrogens with zero attached hydrogens (tertiary/aromatic N) is 4. The van der Waals surface area contributed by atoms with E-state index in [4.69, 9.17) is 15.2 Å². The highest BCUT2D eigenvalue weighted by Gasteiger charge is 2.27. The Morgan fingerprint density at radius 2 is 1.02 bits per heavy atom. The predicted octanol–water partition coefficient (Wildman–Crippen LogP) is 8.22. The number of hydrogen-bond donors (Lipinski definition) is 1. The Hall–Kier alpha value is -0.950. The monoisotopic (exact) mass is 999 g/mol. The summed E-state index contributed by atoms with van der Waals surface area (Å²) >= 11 is 7.81. The molecule has 13 heteroatoms. The maximum Gasteiger partial charge on any atom is 0.410 e. The van der Waals surface area contributed by atoms with Crippen LogP contribution in [0.3, 0.4) is 0 Å². The topological polar surface area (TPSA) is 91.6 Å². The van der Waals surface area contributed by atoms with Crippen LogP contribution in [0.15, 0.2) is 53.0 Å². The van der Waals surface area contributed by atoms with Crippen LogP contribution in [0.25, 0.3) is 0 Å². The number of nitrogens with two attached hydrogens (primary N) is 1. The van der Waals surface area contributed by atoms with Crippen molar-refractivity contribution in [2.45, 2.75) is 52.7 Å². The van der Waals surface area contributed by atoms with E-state index in [9.17, 15) is 9.59 Å². The number of hydrogen-bond acceptors (Lipinski definition) is 7. The molecule has 2 aliphatic rings. The van der Waals surface area contributed by atoms with Crippen LogP contribution < -0.4 is 15.5 Å². The van der Waals surface area contributed by atoms with Gasteiger partial charge < -0.3 is 34.8 Å². The minimum Gasteiger partial charge on any atom is -0.444 e. The number of carbonyl (C=O) groups is 2. The lowest BCUT2D eigenvalue weighted by Crippen LogP contribution is -2.50. The average Bonchev–Trinajstić information content (AvgIpc) is 2.93. The Kier molecular flexibility index (Phi) is 17.6. The molecule has 0 aliphatic carbocycles. The van der Waals surface area contributed by atoms with Crippen molar-refractivity contribution in [2.75, 3.05) is 67.9 Å². The fraction of sp³-hybridized carbons (Fsp3) is 0.533. The minimum atomic E-state index is -0.446. The Morgan fingerprint density at radius 3 is 1.40 bits per heavy atom. The molecule has 0 atom stereocenters. The van der Waals surface area contributed by atoms with E-state index in [1.54, 1.807) is 9.80 Å². The number of nitrogen functional groups attached to an aromatic ring is 1. The van der Waals surface area contributed by atoms with Crippen LogP contribution in [-0.2, 0) is 9.47 Å². The standard InChI is InChI=1S/C15H21BrN2O2.C15H23N3O2.I2.HI/c2*1-15(2,3)20-14(19)18-10-8-17(9-11-18)13-7-5-4-6-12(13)16;1-2;/h4-7H,8-11H2,1-3H3;4-7H,8-11,16H2,1-3H3;;1H. The van der Waals surface area contributed by atoms with Crippen molar-refractivity contribution in [3.8, 4) is 0 Å². The molecule has 2 aromatic rings. The van der Waals surface area contributed by atoms with E-state index in [1.807, 2.05) is 84.0 Å². The molecule has 0 saturated carbocycles. The van der Waals surface area contributed by atoms with E-state index in [-0.39, 0.29) is 36.2 Å². The van der Waals surface area contributed by atoms with Gasteiger partial charge in [0.1, 0.15) is 11.2 Å². The van der Waals surface area contributed by atoms with Gasteiger partial charge in [0, 0.05) is 94.1 Å². The molecule has 2 aromatic carbocycles. The van der Waals surface area contributed by atoms with E-state index in [0.717, 1.165) is 42.0 Å². The molecular formula is C30H45BrI3N5O4. The van der Waals surface area contributed by atoms with Crippen molar-refractivity contribution in [3.63, 3.8) is 0 Å². The summed E-state index contributed by atoms with van der Waals surface area (Å²) in [6, 6.07) is 16.0. The second-order valence-corrected chi connectivity index (χ2v) is 12.8. The fourth-order valence-corrected chi connectivity index (χ4v) is 4.93. The number of halogens is 4. The fourth-order valence-electron chi connectivity index (χ4n) is 4.40. The molecule has 0 unspecified atom stereocenters. The molecule has 242 valence electrons. The van der Waals surface area contributed by atoms with Gasteiger partial charge in [-0.2, -0.15) is 0 Å². The van der Waals surface area contributed by atoms with E-state index in [0.29, 0.717) is 26.2 Å². The number of carbonyl (C=O) groups excluding carboxylic acids is 2. The van der Waals surface area contributed by atoms with Crippen molar-refractivity contribution < 1.29 is 19.1 Å². The van der Waals surface area contributed by atoms with Crippen molar-refractivity contribution in [3.05, 3.63) is 53.0 Å². The largest absolute Gasteiger partial charge is 0.444 e. The van der Waals surface area contributed by atoms with Crippen LogP contribution in [0, 0.1) is 0 Å². The lowest BCUT2D eigenvalue weighted by Gasteiger charge is -2.37. The summed E-state index contributed by atoms with van der Waals surface area (Å²) < 4.78 is 11.9. The zero-order valence-electron chi connectivity index (χ0n) is 25.8. The number of para-hydroxylation sites is 3. The summed E-state index contributed by atoms with van der Waals surface area (Å²) in [5.74, 6) is 0. The molecule has 2 saturated heterocycles. The second kappa shape index (κ2) is 18.9. The van der Waals surface area contributed by atoms with Gasteiger partial charge in [-0.3, -0.25) is 0 Å². The van der Waals surface area contributed by atoms with E-state index in [1.165, 1.54) is 5.69 Å². The van der Waals surface area contributed by atoms with E-state index >= 15 is 0 Å². The first-order valence-corrected chi connectivity index (χ1v) is 21.0. The van der Waals surface area contributed by atoms with Crippen LogP contribution in [0.5, 0.6) is 0 Å². The number of amides is 2. The smallest absolute Gasteiger partial charge is 0.410 e. The van der Waals surface area contributed by atoms with Crippen molar-refractivity contribution in [2.24, 2.45) is 0 Å². The Balaban J connectivity index is 0.000000398. The van der Waals surface area contributed by atoms with E-state index < -0.39 is 11.2 Å². The molecule has 2 aliphatic heterocycles. The zero-order valence-corrected chi connectivity index (χ0v) is 34.0. The molecular weight excluding hydrogens is 955 g/mol. The van der Waals surface area contributed by atoms with E-state index in [2.05, 4.69) is 69.0 Å². The second-order valence-electron chi connectivity index (χ2n) is 11.9. The molecule has 4 rings (SSSR count). The lowest BCUT2D eigenvalue weighted by molar-refractivity contribution is 0.0230. The van der Waals surface area contributed by atoms with Gasteiger partial charge in [-0.1, -0.05) is 24.3 Å². The minimum absolute atomic E-state index is 0. The Morgan fingerprint density at radius 1 is 0.674 bits per heavy atom. The summed E-state index contributed by atoms with van der Waals surface area (Å²) in [7, 11) is 0. The highest BCUT2D eigenvalue weighted by molar-refractivity contribution is 15.0. The van der Waals surface area contributed by atoms with Crippen LogP contribution in [0.1, 0.15) is 41.5 Å². The van der Waals surface area contributed by atoms with Crippen LogP contribution >= 0.6 is 77.1 Å². The number of anilines is 3. The van der Waals surface area contributed by atoms with Gasteiger partial charge in [0.15, 0.2) is 0 Å². The summed E-state index contributed by atoms with van der Waals surface area (Å²) in [5.41, 5.74) is 8.09. The SMILES string of the molecule is CC(C)(C)OC(=O)N1CCN(c2ccccc2Br)CC1.CC(C)(C)OC(=O)N1CCN(c2ccccc2N)CC1.I.II. The van der Waals surface area contributed by atoms with Crippen LogP contribution in [-0.4, -0.2) is 85.5 Å². The van der Waals surface area contributed by atoms with Crippen molar-refractivity contribution in [1.29, 1.82) is 0 Å². The first-order chi connectivity index (χ1) is 19.7. The third-order valence-electron chi connectivity index (χ3n) is 6.33. The Labute approximate surface area is 306 Å². The van der Waals surface area contributed by atoms with Gasteiger partial charge in [0.05, 0.1) is 17.1 Å². The maximum atomic E-state index is 12.0. The van der Waals surface area contributed by atoms with Gasteiger partial charge in [-0.25, -0.2) is 9.59 Å². The highest BCUT2D eigenvalue weighted by Crippen LogP contribution is 2.27. The van der Waals surface area contributed by atoms with Crippen molar-refractivity contribution >= 4 is 106 Å². The molecule has 0 spiro atoms. The molecule has 43 heavy (non-hydrogen) atoms. The number of benzene rings is 2. The normalized spacial score (nSPS) is 15.2. The average molecular weight is 1000 g/mol. The molecule has 2 amide bonds. The van der Waals surface area contributed by atoms with Gasteiger partial charge in [-0.15, -0.1) is 24.0 Å². The molecule has 0 radical (unpaired) electrons. The summed E-state index contributed by atoms with van der Waals surface area (Å²) in [4.78, 5) is 32.0. The van der Waals surface area contributed by atoms with Gasteiger partial charge >= 0.3 is 12.2 Å². The van der Waals surface area contributed by atoms with Crippen LogP contribution in [0.4, 0.5) is 26.7 Å². The van der Waals surface area contributed by atoms with Crippen molar-refractivity contribution in [1.82, 2.24) is 9.80 Å².